The highest BCUT2D eigenvalue weighted by Crippen LogP contribution is 2.53. The van der Waals surface area contributed by atoms with E-state index in [1.165, 1.54) is 121 Å². The Morgan fingerprint density at radius 1 is 0.300 bits per heavy atom. The van der Waals surface area contributed by atoms with Gasteiger partial charge in [-0.1, -0.05) is 199 Å². The molecule has 0 atom stereocenters. The Balaban J connectivity index is 0.979. The van der Waals surface area contributed by atoms with E-state index in [1.54, 1.807) is 0 Å². The van der Waals surface area contributed by atoms with Gasteiger partial charge < -0.3 is 18.6 Å². The summed E-state index contributed by atoms with van der Waals surface area (Å²) in [6.07, 6.45) is 0. The van der Waals surface area contributed by atoms with E-state index in [2.05, 4.69) is 305 Å². The molecular weight excluding hydrogens is 969 g/mol. The van der Waals surface area contributed by atoms with Crippen molar-refractivity contribution in [1.82, 2.24) is 8.80 Å². The molecule has 4 heterocycles. The number of rotatable bonds is 8. The Morgan fingerprint density at radius 2 is 0.675 bits per heavy atom. The average molecular weight is 1030 g/mol. The first-order valence-corrected chi connectivity index (χ1v) is 28.3. The van der Waals surface area contributed by atoms with Gasteiger partial charge in [-0.2, -0.15) is 0 Å². The zero-order valence-corrected chi connectivity index (χ0v) is 46.7. The van der Waals surface area contributed by atoms with Gasteiger partial charge in [-0.05, 0) is 131 Å². The molecule has 0 radical (unpaired) electrons. The molecule has 4 aromatic heterocycles. The first-order valence-electron chi connectivity index (χ1n) is 28.3. The highest BCUT2D eigenvalue weighted by atomic mass is 15.2. The molecule has 0 fully saturated rings. The van der Waals surface area contributed by atoms with Crippen molar-refractivity contribution in [2.45, 2.75) is 66.2 Å². The Bertz CT molecular complexity index is 4580. The predicted octanol–water partition coefficient (Wildman–Crippen LogP) is 21.5. The molecule has 15 aromatic rings. The van der Waals surface area contributed by atoms with Gasteiger partial charge in [0.05, 0.1) is 55.8 Å². The summed E-state index contributed by atoms with van der Waals surface area (Å²) < 4.78 is 5.12. The van der Waals surface area contributed by atoms with Crippen LogP contribution in [0.25, 0.3) is 98.4 Å². The lowest BCUT2D eigenvalue weighted by atomic mass is 9.85. The molecule has 11 aromatic carbocycles. The molecule has 0 bridgehead atoms. The van der Waals surface area contributed by atoms with Gasteiger partial charge in [0.15, 0.2) is 0 Å². The Labute approximate surface area is 467 Å². The summed E-state index contributed by atoms with van der Waals surface area (Å²) in [5.74, 6) is 0. The van der Waals surface area contributed by atoms with Crippen LogP contribution in [0, 0.1) is 13.8 Å². The van der Waals surface area contributed by atoms with Gasteiger partial charge in [0.25, 0.3) is 0 Å². The van der Waals surface area contributed by atoms with Gasteiger partial charge in [-0.3, -0.25) is 0 Å². The Hall–Kier alpha value is -9.38. The number of benzene rings is 11. The Morgan fingerprint density at radius 3 is 1.06 bits per heavy atom. The summed E-state index contributed by atoms with van der Waals surface area (Å²) in [6.45, 7) is 18.2. The fourth-order valence-electron chi connectivity index (χ4n) is 13.5. The highest BCUT2D eigenvalue weighted by Gasteiger charge is 2.30. The molecule has 386 valence electrons. The maximum absolute atomic E-state index is 2.56. The lowest BCUT2D eigenvalue weighted by Crippen LogP contribution is -2.12. The summed E-state index contributed by atoms with van der Waals surface area (Å²) in [4.78, 5) is 5.02. The van der Waals surface area contributed by atoms with E-state index in [-0.39, 0.29) is 10.8 Å². The third-order valence-electron chi connectivity index (χ3n) is 17.3. The van der Waals surface area contributed by atoms with Crippen LogP contribution in [0.15, 0.2) is 231 Å². The standard InChI is InChI=1S/C76H62N4/c1-47-21-19-31-63(69(47)49-33-37-51(38-34-49)75(3,4)5)77(53-23-11-9-12-24-53)65-43-41-55-59-45-68-60(46-67(59)79-61-29-17-15-27-57(61)71(65)73(55)79)56-42-44-66(72-58-28-16-18-30-62(58)80(68)74(56)72)78(54-25-13-10-14-26-54)64-32-20-22-48(2)70(64)50-35-39-52(40-36-50)76(6,7)8/h9-46H,1-8H3. The molecule has 0 spiro atoms. The van der Waals surface area contributed by atoms with Crippen LogP contribution >= 0.6 is 0 Å². The molecule has 15 rings (SSSR count). The van der Waals surface area contributed by atoms with Crippen LogP contribution in [0.4, 0.5) is 34.1 Å². The molecule has 0 amide bonds. The first-order chi connectivity index (χ1) is 38.8. The van der Waals surface area contributed by atoms with Gasteiger partial charge >= 0.3 is 0 Å². The van der Waals surface area contributed by atoms with Crippen molar-refractivity contribution in [2.75, 3.05) is 9.80 Å². The second-order valence-corrected chi connectivity index (χ2v) is 24.2. The van der Waals surface area contributed by atoms with Crippen molar-refractivity contribution in [3.05, 3.63) is 253 Å². The number of aryl methyl sites for hydroxylation is 2. The van der Waals surface area contributed by atoms with E-state index in [0.717, 1.165) is 34.1 Å². The lowest BCUT2D eigenvalue weighted by molar-refractivity contribution is 0.590. The van der Waals surface area contributed by atoms with Crippen molar-refractivity contribution < 1.29 is 0 Å². The number of para-hydroxylation sites is 4. The average Bonchev–Trinajstić information content (AvgIpc) is 4.40. The van der Waals surface area contributed by atoms with E-state index >= 15 is 0 Å². The maximum Gasteiger partial charge on any atom is 0.0641 e. The molecule has 0 saturated carbocycles. The van der Waals surface area contributed by atoms with Gasteiger partial charge in [-0.25, -0.2) is 0 Å². The molecular formula is C76H62N4. The number of hydrogen-bond donors (Lipinski definition) is 0. The zero-order chi connectivity index (χ0) is 54.3. The van der Waals surface area contributed by atoms with Crippen LogP contribution in [0.5, 0.6) is 0 Å². The van der Waals surface area contributed by atoms with Crippen LogP contribution in [-0.2, 0) is 10.8 Å². The lowest BCUT2D eigenvalue weighted by Gasteiger charge is -2.29. The normalized spacial score (nSPS) is 12.5. The van der Waals surface area contributed by atoms with E-state index in [0.29, 0.717) is 0 Å². The molecule has 80 heavy (non-hydrogen) atoms. The molecule has 0 unspecified atom stereocenters. The number of aromatic nitrogens is 2. The summed E-state index contributed by atoms with van der Waals surface area (Å²) in [7, 11) is 0. The summed E-state index contributed by atoms with van der Waals surface area (Å²) in [5, 5.41) is 9.94. The summed E-state index contributed by atoms with van der Waals surface area (Å²) in [5.41, 5.74) is 24.3. The fraction of sp³-hybridized carbons (Fsp3) is 0.132. The molecule has 0 N–H and O–H groups in total. The largest absolute Gasteiger partial charge is 0.309 e. The second-order valence-electron chi connectivity index (χ2n) is 24.2. The summed E-state index contributed by atoms with van der Waals surface area (Å²) in [6, 6.07) is 86.6. The molecule has 0 aliphatic heterocycles. The van der Waals surface area contributed by atoms with Gasteiger partial charge in [0, 0.05) is 65.6 Å². The van der Waals surface area contributed by atoms with Crippen molar-refractivity contribution >= 4 is 110 Å². The second kappa shape index (κ2) is 17.6. The molecule has 4 heteroatoms. The molecule has 0 aliphatic rings. The topological polar surface area (TPSA) is 15.3 Å². The maximum atomic E-state index is 2.56. The van der Waals surface area contributed by atoms with Crippen LogP contribution < -0.4 is 9.80 Å². The zero-order valence-electron chi connectivity index (χ0n) is 46.7. The molecule has 4 nitrogen and oxygen atoms in total. The van der Waals surface area contributed by atoms with E-state index in [1.807, 2.05) is 0 Å². The van der Waals surface area contributed by atoms with E-state index < -0.39 is 0 Å². The van der Waals surface area contributed by atoms with Crippen LogP contribution in [0.2, 0.25) is 0 Å². The SMILES string of the molecule is Cc1cccc(N(c2ccccc2)c2ccc3c4cc5c(cc4n4c6ccccc6c2c34)c2ccc(N(c3ccccc3)c3cccc(C)c3-c3ccc(C(C)(C)C)cc3)c3c4ccccc4n5c23)c1-c1ccc(C(C)(C)C)cc1. The van der Waals surface area contributed by atoms with Gasteiger partial charge in [-0.15, -0.1) is 0 Å². The number of anilines is 6. The summed E-state index contributed by atoms with van der Waals surface area (Å²) >= 11 is 0. The van der Waals surface area contributed by atoms with Crippen molar-refractivity contribution in [1.29, 1.82) is 0 Å². The highest BCUT2D eigenvalue weighted by molar-refractivity contribution is 6.32. The smallest absolute Gasteiger partial charge is 0.0641 e. The minimum atomic E-state index is 0.0568. The van der Waals surface area contributed by atoms with Crippen LogP contribution in [0.1, 0.15) is 63.8 Å². The third kappa shape index (κ3) is 7.07. The number of hydrogen-bond acceptors (Lipinski definition) is 2. The fourth-order valence-corrected chi connectivity index (χ4v) is 13.5. The van der Waals surface area contributed by atoms with Crippen LogP contribution in [-0.4, -0.2) is 8.80 Å². The quantitative estimate of drug-likeness (QED) is 0.151. The predicted molar refractivity (Wildman–Crippen MR) is 343 cm³/mol. The van der Waals surface area contributed by atoms with E-state index in [9.17, 15) is 0 Å². The number of fused-ring (bicyclic) bond motifs is 12. The van der Waals surface area contributed by atoms with Gasteiger partial charge in [0.2, 0.25) is 0 Å². The van der Waals surface area contributed by atoms with E-state index in [4.69, 9.17) is 0 Å². The van der Waals surface area contributed by atoms with Gasteiger partial charge in [0.1, 0.15) is 0 Å². The Kier molecular flexibility index (Phi) is 10.5. The minimum absolute atomic E-state index is 0.0568. The number of nitrogens with zero attached hydrogens (tertiary/aromatic N) is 4. The van der Waals surface area contributed by atoms with Crippen molar-refractivity contribution in [3.8, 4) is 22.3 Å². The monoisotopic (exact) mass is 1030 g/mol. The molecule has 0 saturated heterocycles. The van der Waals surface area contributed by atoms with Crippen molar-refractivity contribution in [3.63, 3.8) is 0 Å². The minimum Gasteiger partial charge on any atom is -0.309 e. The van der Waals surface area contributed by atoms with Crippen LogP contribution in [0.3, 0.4) is 0 Å². The third-order valence-corrected chi connectivity index (χ3v) is 17.3. The molecule has 0 aliphatic carbocycles. The first kappa shape index (κ1) is 47.8. The van der Waals surface area contributed by atoms with Crippen molar-refractivity contribution in [2.24, 2.45) is 0 Å².